The maximum Gasteiger partial charge on any atom is 0.129 e. The first-order valence-corrected chi connectivity index (χ1v) is 6.87. The SMILES string of the molecule is Oc1ccc(OCc2cc(Br)cc3c2OCC3)cc1. The molecule has 1 N–H and O–H groups in total. The number of phenols is 1. The van der Waals surface area contributed by atoms with Gasteiger partial charge in [-0.05, 0) is 42.0 Å². The Hall–Kier alpha value is -1.68. The van der Waals surface area contributed by atoms with Crippen molar-refractivity contribution in [3.63, 3.8) is 0 Å². The highest BCUT2D eigenvalue weighted by Gasteiger charge is 2.17. The molecule has 0 atom stereocenters. The molecule has 1 aliphatic heterocycles. The highest BCUT2D eigenvalue weighted by molar-refractivity contribution is 9.10. The molecule has 1 aliphatic rings. The normalized spacial score (nSPS) is 12.9. The van der Waals surface area contributed by atoms with E-state index < -0.39 is 0 Å². The summed E-state index contributed by atoms with van der Waals surface area (Å²) in [6, 6.07) is 10.8. The van der Waals surface area contributed by atoms with E-state index in [9.17, 15) is 5.11 Å². The number of halogens is 1. The molecule has 3 nitrogen and oxygen atoms in total. The van der Waals surface area contributed by atoms with Gasteiger partial charge in [0.1, 0.15) is 23.9 Å². The minimum absolute atomic E-state index is 0.235. The predicted molar refractivity (Wildman–Crippen MR) is 75.8 cm³/mol. The van der Waals surface area contributed by atoms with Crippen LogP contribution in [0.1, 0.15) is 11.1 Å². The van der Waals surface area contributed by atoms with Crippen LogP contribution in [0.15, 0.2) is 40.9 Å². The molecule has 2 aromatic carbocycles. The number of ether oxygens (including phenoxy) is 2. The Morgan fingerprint density at radius 3 is 2.79 bits per heavy atom. The second-order valence-corrected chi connectivity index (χ2v) is 5.35. The van der Waals surface area contributed by atoms with Gasteiger partial charge in [-0.15, -0.1) is 0 Å². The molecule has 0 unspecified atom stereocenters. The second kappa shape index (κ2) is 5.13. The van der Waals surface area contributed by atoms with Crippen LogP contribution in [-0.2, 0) is 13.0 Å². The summed E-state index contributed by atoms with van der Waals surface area (Å²) in [7, 11) is 0. The molecule has 2 aromatic rings. The van der Waals surface area contributed by atoms with Crippen LogP contribution in [0.5, 0.6) is 17.2 Å². The largest absolute Gasteiger partial charge is 0.508 e. The summed E-state index contributed by atoms with van der Waals surface area (Å²) in [4.78, 5) is 0. The second-order valence-electron chi connectivity index (χ2n) is 4.43. The third kappa shape index (κ3) is 2.68. The number of fused-ring (bicyclic) bond motifs is 1. The van der Waals surface area contributed by atoms with Crippen molar-refractivity contribution in [3.8, 4) is 17.2 Å². The zero-order valence-electron chi connectivity index (χ0n) is 10.2. The molecule has 0 fully saturated rings. The lowest BCUT2D eigenvalue weighted by atomic mass is 10.1. The fraction of sp³-hybridized carbons (Fsp3) is 0.200. The van der Waals surface area contributed by atoms with Gasteiger partial charge in [-0.3, -0.25) is 0 Å². The summed E-state index contributed by atoms with van der Waals surface area (Å²) < 4.78 is 12.4. The van der Waals surface area contributed by atoms with Gasteiger partial charge in [0.2, 0.25) is 0 Å². The van der Waals surface area contributed by atoms with E-state index in [2.05, 4.69) is 22.0 Å². The Bertz CT molecular complexity index is 593. The molecule has 3 rings (SSSR count). The van der Waals surface area contributed by atoms with Gasteiger partial charge in [-0.25, -0.2) is 0 Å². The van der Waals surface area contributed by atoms with Crippen LogP contribution in [-0.4, -0.2) is 11.7 Å². The van der Waals surface area contributed by atoms with Crippen LogP contribution >= 0.6 is 15.9 Å². The van der Waals surface area contributed by atoms with E-state index in [-0.39, 0.29) is 5.75 Å². The topological polar surface area (TPSA) is 38.7 Å². The van der Waals surface area contributed by atoms with Crippen molar-refractivity contribution in [1.29, 1.82) is 0 Å². The Balaban J connectivity index is 1.78. The molecule has 4 heteroatoms. The van der Waals surface area contributed by atoms with Gasteiger partial charge < -0.3 is 14.6 Å². The first kappa shape index (κ1) is 12.4. The molecule has 0 spiro atoms. The maximum atomic E-state index is 9.22. The standard InChI is InChI=1S/C15H13BrO3/c16-12-7-10-5-6-18-15(10)11(8-12)9-19-14-3-1-13(17)2-4-14/h1-4,7-8,17H,5-6,9H2. The van der Waals surface area contributed by atoms with E-state index in [1.807, 2.05) is 6.07 Å². The summed E-state index contributed by atoms with van der Waals surface area (Å²) in [5.41, 5.74) is 2.26. The van der Waals surface area contributed by atoms with E-state index in [1.54, 1.807) is 24.3 Å². The lowest BCUT2D eigenvalue weighted by Gasteiger charge is -2.11. The summed E-state index contributed by atoms with van der Waals surface area (Å²) in [5.74, 6) is 1.91. The fourth-order valence-electron chi connectivity index (χ4n) is 2.16. The van der Waals surface area contributed by atoms with Gasteiger partial charge in [0.05, 0.1) is 6.61 Å². The summed E-state index contributed by atoms with van der Waals surface area (Å²) in [6.45, 7) is 1.19. The minimum atomic E-state index is 0.235. The summed E-state index contributed by atoms with van der Waals surface area (Å²) in [5, 5.41) is 9.22. The molecular formula is C15H13BrO3. The van der Waals surface area contributed by atoms with Crippen molar-refractivity contribution in [1.82, 2.24) is 0 Å². The maximum absolute atomic E-state index is 9.22. The fourth-order valence-corrected chi connectivity index (χ4v) is 2.71. The zero-order chi connectivity index (χ0) is 13.2. The number of hydrogen-bond acceptors (Lipinski definition) is 3. The van der Waals surface area contributed by atoms with Crippen LogP contribution in [0.2, 0.25) is 0 Å². The monoisotopic (exact) mass is 320 g/mol. The van der Waals surface area contributed by atoms with Gasteiger partial charge in [0.25, 0.3) is 0 Å². The minimum Gasteiger partial charge on any atom is -0.508 e. The number of phenolic OH excluding ortho intramolecular Hbond substituents is 1. The van der Waals surface area contributed by atoms with Crippen molar-refractivity contribution in [2.75, 3.05) is 6.61 Å². The molecular weight excluding hydrogens is 308 g/mol. The van der Waals surface area contributed by atoms with Crippen molar-refractivity contribution in [3.05, 3.63) is 52.0 Å². The third-order valence-electron chi connectivity index (χ3n) is 3.06. The number of hydrogen-bond donors (Lipinski definition) is 1. The molecule has 0 amide bonds. The predicted octanol–water partition coefficient (Wildman–Crippen LogP) is 3.67. The van der Waals surface area contributed by atoms with Gasteiger partial charge in [-0.1, -0.05) is 15.9 Å². The average Bonchev–Trinajstić information content (AvgIpc) is 2.85. The first-order valence-electron chi connectivity index (χ1n) is 6.08. The summed E-state index contributed by atoms with van der Waals surface area (Å²) >= 11 is 3.51. The summed E-state index contributed by atoms with van der Waals surface area (Å²) in [6.07, 6.45) is 0.945. The van der Waals surface area contributed by atoms with Crippen LogP contribution < -0.4 is 9.47 Å². The number of aromatic hydroxyl groups is 1. The Kier molecular flexibility index (Phi) is 3.34. The smallest absolute Gasteiger partial charge is 0.129 e. The van der Waals surface area contributed by atoms with Crippen LogP contribution in [0.25, 0.3) is 0 Å². The van der Waals surface area contributed by atoms with Crippen molar-refractivity contribution in [2.45, 2.75) is 13.0 Å². The lowest BCUT2D eigenvalue weighted by Crippen LogP contribution is -1.98. The van der Waals surface area contributed by atoms with E-state index in [0.717, 1.165) is 34.6 Å². The molecule has 0 radical (unpaired) electrons. The van der Waals surface area contributed by atoms with Crippen LogP contribution in [0.3, 0.4) is 0 Å². The molecule has 0 saturated carbocycles. The highest BCUT2D eigenvalue weighted by Crippen LogP contribution is 2.33. The van der Waals surface area contributed by atoms with Gasteiger partial charge in [0, 0.05) is 16.5 Å². The molecule has 0 saturated heterocycles. The van der Waals surface area contributed by atoms with Crippen molar-refractivity contribution >= 4 is 15.9 Å². The lowest BCUT2D eigenvalue weighted by molar-refractivity contribution is 0.291. The van der Waals surface area contributed by atoms with E-state index in [0.29, 0.717) is 6.61 Å². The zero-order valence-corrected chi connectivity index (χ0v) is 11.8. The van der Waals surface area contributed by atoms with Gasteiger partial charge >= 0.3 is 0 Å². The van der Waals surface area contributed by atoms with Crippen LogP contribution in [0, 0.1) is 0 Å². The quantitative estimate of drug-likeness (QED) is 0.937. The van der Waals surface area contributed by atoms with Crippen molar-refractivity contribution in [2.24, 2.45) is 0 Å². The Morgan fingerprint density at radius 1 is 1.21 bits per heavy atom. The van der Waals surface area contributed by atoms with Crippen molar-refractivity contribution < 1.29 is 14.6 Å². The number of rotatable bonds is 3. The first-order chi connectivity index (χ1) is 9.22. The van der Waals surface area contributed by atoms with E-state index >= 15 is 0 Å². The molecule has 0 bridgehead atoms. The molecule has 0 aromatic heterocycles. The molecule has 0 aliphatic carbocycles. The molecule has 19 heavy (non-hydrogen) atoms. The average molecular weight is 321 g/mol. The van der Waals surface area contributed by atoms with E-state index in [1.165, 1.54) is 5.56 Å². The highest BCUT2D eigenvalue weighted by atomic mass is 79.9. The molecule has 1 heterocycles. The number of benzene rings is 2. The van der Waals surface area contributed by atoms with E-state index in [4.69, 9.17) is 9.47 Å². The van der Waals surface area contributed by atoms with Gasteiger partial charge in [0.15, 0.2) is 0 Å². The molecule has 98 valence electrons. The van der Waals surface area contributed by atoms with Gasteiger partial charge in [-0.2, -0.15) is 0 Å². The van der Waals surface area contributed by atoms with Crippen LogP contribution in [0.4, 0.5) is 0 Å². The third-order valence-corrected chi connectivity index (χ3v) is 3.51. The Labute approximate surface area is 119 Å². The Morgan fingerprint density at radius 2 is 2.00 bits per heavy atom.